The second-order valence-corrected chi connectivity index (χ2v) is 7.52. The Morgan fingerprint density at radius 1 is 0.913 bits per heavy atom. The van der Waals surface area contributed by atoms with Crippen LogP contribution in [0.3, 0.4) is 0 Å². The molecule has 0 saturated heterocycles. The number of hydrazine groups is 1. The van der Waals surface area contributed by atoms with E-state index in [0.29, 0.717) is 13.1 Å². The van der Waals surface area contributed by atoms with Crippen LogP contribution in [0.1, 0.15) is 67.2 Å². The number of carbonyl (C=O) groups is 2. The van der Waals surface area contributed by atoms with E-state index in [1.807, 2.05) is 20.8 Å². The lowest BCUT2D eigenvalue weighted by atomic mass is 10.2. The molecule has 7 heteroatoms. The van der Waals surface area contributed by atoms with Crippen molar-refractivity contribution in [2.24, 2.45) is 5.84 Å². The van der Waals surface area contributed by atoms with Gasteiger partial charge in [-0.25, -0.2) is 20.4 Å². The van der Waals surface area contributed by atoms with Gasteiger partial charge in [-0.15, -0.1) is 0 Å². The van der Waals surface area contributed by atoms with Crippen molar-refractivity contribution in [2.75, 3.05) is 13.1 Å². The van der Waals surface area contributed by atoms with Crippen LogP contribution in [0, 0.1) is 0 Å². The second kappa shape index (κ2) is 9.60. The average molecular weight is 331 g/mol. The fourth-order valence-corrected chi connectivity index (χ4v) is 1.68. The van der Waals surface area contributed by atoms with Gasteiger partial charge in [0.15, 0.2) is 0 Å². The van der Waals surface area contributed by atoms with Gasteiger partial charge in [-0.1, -0.05) is 12.8 Å². The van der Waals surface area contributed by atoms with Gasteiger partial charge in [0, 0.05) is 13.1 Å². The molecule has 0 aromatic rings. The molecule has 3 N–H and O–H groups in total. The molecular formula is C16H33N3O4. The average Bonchev–Trinajstić information content (AvgIpc) is 2.33. The van der Waals surface area contributed by atoms with Crippen molar-refractivity contribution in [1.82, 2.24) is 10.3 Å². The summed E-state index contributed by atoms with van der Waals surface area (Å²) in [5.74, 6) is 5.65. The predicted octanol–water partition coefficient (Wildman–Crippen LogP) is 3.18. The standard InChI is InChI=1S/C16H33N3O4/c1-15(2,3)22-13(20)18-11-9-7-8-10-12-19(17)14(21)23-16(4,5)6/h7-12,17H2,1-6H3,(H,18,20). The summed E-state index contributed by atoms with van der Waals surface area (Å²) in [6, 6.07) is 0. The van der Waals surface area contributed by atoms with E-state index < -0.39 is 23.4 Å². The van der Waals surface area contributed by atoms with Crippen LogP contribution in [0.2, 0.25) is 0 Å². The molecule has 0 aliphatic carbocycles. The van der Waals surface area contributed by atoms with E-state index in [-0.39, 0.29) is 0 Å². The third-order valence-electron chi connectivity index (χ3n) is 2.62. The first-order valence-electron chi connectivity index (χ1n) is 8.13. The lowest BCUT2D eigenvalue weighted by Crippen LogP contribution is -2.42. The maximum absolute atomic E-state index is 11.6. The summed E-state index contributed by atoms with van der Waals surface area (Å²) in [4.78, 5) is 23.0. The highest BCUT2D eigenvalue weighted by Gasteiger charge is 2.19. The number of amides is 2. The summed E-state index contributed by atoms with van der Waals surface area (Å²) in [6.45, 7) is 11.9. The van der Waals surface area contributed by atoms with Crippen molar-refractivity contribution >= 4 is 12.2 Å². The fraction of sp³-hybridized carbons (Fsp3) is 0.875. The topological polar surface area (TPSA) is 93.9 Å². The van der Waals surface area contributed by atoms with Gasteiger partial charge in [0.05, 0.1) is 0 Å². The maximum atomic E-state index is 11.6. The van der Waals surface area contributed by atoms with Gasteiger partial charge in [0.1, 0.15) is 11.2 Å². The van der Waals surface area contributed by atoms with Crippen LogP contribution in [-0.2, 0) is 9.47 Å². The van der Waals surface area contributed by atoms with Crippen LogP contribution in [0.5, 0.6) is 0 Å². The number of alkyl carbamates (subject to hydrolysis) is 1. The molecule has 2 amide bonds. The highest BCUT2D eigenvalue weighted by molar-refractivity contribution is 5.67. The van der Waals surface area contributed by atoms with Crippen molar-refractivity contribution in [3.8, 4) is 0 Å². The highest BCUT2D eigenvalue weighted by Crippen LogP contribution is 2.09. The number of rotatable bonds is 7. The molecule has 0 aliphatic rings. The Morgan fingerprint density at radius 3 is 1.96 bits per heavy atom. The third-order valence-corrected chi connectivity index (χ3v) is 2.62. The van der Waals surface area contributed by atoms with Crippen molar-refractivity contribution < 1.29 is 19.1 Å². The number of carbonyl (C=O) groups excluding carboxylic acids is 2. The molecule has 136 valence electrons. The van der Waals surface area contributed by atoms with Gasteiger partial charge in [-0.3, -0.25) is 0 Å². The first kappa shape index (κ1) is 21.5. The van der Waals surface area contributed by atoms with Crippen molar-refractivity contribution in [3.63, 3.8) is 0 Å². The highest BCUT2D eigenvalue weighted by atomic mass is 16.6. The maximum Gasteiger partial charge on any atom is 0.424 e. The molecule has 0 saturated carbocycles. The minimum atomic E-state index is -0.540. The summed E-state index contributed by atoms with van der Waals surface area (Å²) >= 11 is 0. The number of ether oxygens (including phenoxy) is 2. The van der Waals surface area contributed by atoms with Gasteiger partial charge in [0.25, 0.3) is 0 Å². The minimum Gasteiger partial charge on any atom is -0.444 e. The molecule has 0 fully saturated rings. The van der Waals surface area contributed by atoms with Crippen LogP contribution in [0.25, 0.3) is 0 Å². The van der Waals surface area contributed by atoms with Crippen LogP contribution in [-0.4, -0.2) is 41.5 Å². The van der Waals surface area contributed by atoms with E-state index in [1.165, 1.54) is 0 Å². The number of hydrogen-bond donors (Lipinski definition) is 2. The van der Waals surface area contributed by atoms with Crippen molar-refractivity contribution in [2.45, 2.75) is 78.4 Å². The molecular weight excluding hydrogens is 298 g/mol. The zero-order valence-corrected chi connectivity index (χ0v) is 15.4. The zero-order valence-electron chi connectivity index (χ0n) is 15.4. The number of hydrogen-bond acceptors (Lipinski definition) is 5. The molecule has 0 aliphatic heterocycles. The van der Waals surface area contributed by atoms with E-state index in [0.717, 1.165) is 30.7 Å². The van der Waals surface area contributed by atoms with Crippen LogP contribution in [0.4, 0.5) is 9.59 Å². The van der Waals surface area contributed by atoms with E-state index in [9.17, 15) is 9.59 Å². The Balaban J connectivity index is 3.63. The largest absolute Gasteiger partial charge is 0.444 e. The summed E-state index contributed by atoms with van der Waals surface area (Å²) in [5, 5.41) is 3.81. The smallest absolute Gasteiger partial charge is 0.424 e. The van der Waals surface area contributed by atoms with E-state index >= 15 is 0 Å². The van der Waals surface area contributed by atoms with Gasteiger partial charge in [-0.05, 0) is 54.4 Å². The lowest BCUT2D eigenvalue weighted by molar-refractivity contribution is 0.0244. The van der Waals surface area contributed by atoms with E-state index in [1.54, 1.807) is 20.8 Å². The second-order valence-electron chi connectivity index (χ2n) is 7.52. The lowest BCUT2D eigenvalue weighted by Gasteiger charge is -2.24. The van der Waals surface area contributed by atoms with E-state index in [2.05, 4.69) is 5.32 Å². The number of nitrogens with two attached hydrogens (primary N) is 1. The molecule has 23 heavy (non-hydrogen) atoms. The Morgan fingerprint density at radius 2 is 1.43 bits per heavy atom. The quantitative estimate of drug-likeness (QED) is 0.323. The third kappa shape index (κ3) is 13.9. The van der Waals surface area contributed by atoms with E-state index in [4.69, 9.17) is 15.3 Å². The van der Waals surface area contributed by atoms with Crippen LogP contribution >= 0.6 is 0 Å². The number of nitrogens with one attached hydrogen (secondary N) is 1. The van der Waals surface area contributed by atoms with Crippen molar-refractivity contribution in [3.05, 3.63) is 0 Å². The Bertz CT molecular complexity index is 373. The first-order chi connectivity index (χ1) is 10.4. The number of nitrogens with zero attached hydrogens (tertiary/aromatic N) is 1. The van der Waals surface area contributed by atoms with Gasteiger partial charge in [0.2, 0.25) is 0 Å². The zero-order chi connectivity index (χ0) is 18.1. The first-order valence-corrected chi connectivity index (χ1v) is 8.13. The SMILES string of the molecule is CC(C)(C)OC(=O)NCCCCCCN(N)C(=O)OC(C)(C)C. The van der Waals surface area contributed by atoms with Crippen LogP contribution < -0.4 is 11.2 Å². The van der Waals surface area contributed by atoms with Crippen LogP contribution in [0.15, 0.2) is 0 Å². The Kier molecular flexibility index (Phi) is 8.97. The molecule has 0 rings (SSSR count). The minimum absolute atomic E-state index is 0.393. The molecule has 7 nitrogen and oxygen atoms in total. The molecule has 0 heterocycles. The summed E-state index contributed by atoms with van der Waals surface area (Å²) in [5.41, 5.74) is -1.02. The summed E-state index contributed by atoms with van der Waals surface area (Å²) in [6.07, 6.45) is 2.61. The van der Waals surface area contributed by atoms with Crippen molar-refractivity contribution in [1.29, 1.82) is 0 Å². The number of unbranched alkanes of at least 4 members (excludes halogenated alkanes) is 3. The summed E-state index contributed by atoms with van der Waals surface area (Å²) < 4.78 is 10.3. The molecule has 0 bridgehead atoms. The van der Waals surface area contributed by atoms with Gasteiger partial charge < -0.3 is 14.8 Å². The summed E-state index contributed by atoms with van der Waals surface area (Å²) in [7, 11) is 0. The predicted molar refractivity (Wildman–Crippen MR) is 89.8 cm³/mol. The fourth-order valence-electron chi connectivity index (χ4n) is 1.68. The van der Waals surface area contributed by atoms with Gasteiger partial charge >= 0.3 is 12.2 Å². The molecule has 0 aromatic heterocycles. The van der Waals surface area contributed by atoms with Gasteiger partial charge in [-0.2, -0.15) is 0 Å². The Labute approximate surface area is 139 Å². The normalized spacial score (nSPS) is 11.8. The monoisotopic (exact) mass is 331 g/mol. The Hall–Kier alpha value is -1.50. The molecule has 0 spiro atoms. The molecule has 0 radical (unpaired) electrons. The molecule has 0 atom stereocenters. The molecule has 0 aromatic carbocycles. The molecule has 0 unspecified atom stereocenters.